The highest BCUT2D eigenvalue weighted by atomic mass is 16.5. The van der Waals surface area contributed by atoms with E-state index in [1.807, 2.05) is 0 Å². The van der Waals surface area contributed by atoms with E-state index < -0.39 is 11.0 Å². The number of ether oxygens (including phenoxy) is 1. The van der Waals surface area contributed by atoms with Gasteiger partial charge >= 0.3 is 0 Å². The van der Waals surface area contributed by atoms with Gasteiger partial charge in [0.05, 0.1) is 5.41 Å². The van der Waals surface area contributed by atoms with E-state index in [0.29, 0.717) is 28.9 Å². The third-order valence-electron chi connectivity index (χ3n) is 3.90. The first-order chi connectivity index (χ1) is 12.0. The molecule has 1 N–H and O–H groups in total. The quantitative estimate of drug-likeness (QED) is 0.464. The van der Waals surface area contributed by atoms with E-state index in [4.69, 9.17) is 4.74 Å². The van der Waals surface area contributed by atoms with Crippen LogP contribution in [0.3, 0.4) is 0 Å². The van der Waals surface area contributed by atoms with Crippen LogP contribution in [0.4, 0.5) is 0 Å². The molecule has 0 atom stereocenters. The van der Waals surface area contributed by atoms with Crippen LogP contribution < -0.4 is 4.74 Å². The molecule has 26 heavy (non-hydrogen) atoms. The summed E-state index contributed by atoms with van der Waals surface area (Å²) in [5, 5.41) is 9.76. The van der Waals surface area contributed by atoms with E-state index in [0.717, 1.165) is 0 Å². The standard InChI is InChI=1S/C21H22O5/c1-20(2,13-22)18(23)14-5-9-16(10-6-14)26-17-11-7-15(8-12-17)19(24)21(3,4)25/h5-13,25H,1-4H3. The van der Waals surface area contributed by atoms with Crippen molar-refractivity contribution in [2.75, 3.05) is 0 Å². The molecule has 5 heteroatoms. The highest BCUT2D eigenvalue weighted by molar-refractivity contribution is 6.08. The summed E-state index contributed by atoms with van der Waals surface area (Å²) >= 11 is 0. The second kappa shape index (κ2) is 7.22. The smallest absolute Gasteiger partial charge is 0.193 e. The Hall–Kier alpha value is -2.79. The zero-order chi connectivity index (χ0) is 19.5. The van der Waals surface area contributed by atoms with Crippen molar-refractivity contribution in [2.45, 2.75) is 33.3 Å². The molecule has 0 heterocycles. The maximum absolute atomic E-state index is 12.2. The molecule has 0 saturated carbocycles. The Bertz CT molecular complexity index is 809. The minimum Gasteiger partial charge on any atom is -0.457 e. The largest absolute Gasteiger partial charge is 0.457 e. The maximum atomic E-state index is 12.2. The maximum Gasteiger partial charge on any atom is 0.193 e. The first kappa shape index (κ1) is 19.5. The normalized spacial score (nSPS) is 11.7. The predicted molar refractivity (Wildman–Crippen MR) is 97.8 cm³/mol. The van der Waals surface area contributed by atoms with Gasteiger partial charge in [0, 0.05) is 11.1 Å². The molecule has 0 saturated heterocycles. The molecule has 0 unspecified atom stereocenters. The Balaban J connectivity index is 2.11. The fourth-order valence-electron chi connectivity index (χ4n) is 2.26. The summed E-state index contributed by atoms with van der Waals surface area (Å²) in [6.45, 7) is 6.02. The zero-order valence-electron chi connectivity index (χ0n) is 15.3. The molecular formula is C21H22O5. The highest BCUT2D eigenvalue weighted by Gasteiger charge is 2.28. The lowest BCUT2D eigenvalue weighted by Crippen LogP contribution is -2.30. The Morgan fingerprint density at radius 1 is 0.808 bits per heavy atom. The fraction of sp³-hybridized carbons (Fsp3) is 0.286. The van der Waals surface area contributed by atoms with Crippen LogP contribution in [-0.2, 0) is 4.79 Å². The molecule has 0 aliphatic heterocycles. The van der Waals surface area contributed by atoms with Gasteiger partial charge in [0.15, 0.2) is 11.6 Å². The van der Waals surface area contributed by atoms with Crippen LogP contribution in [0.1, 0.15) is 48.4 Å². The molecule has 0 radical (unpaired) electrons. The highest BCUT2D eigenvalue weighted by Crippen LogP contribution is 2.25. The van der Waals surface area contributed by atoms with Crippen LogP contribution in [0.25, 0.3) is 0 Å². The van der Waals surface area contributed by atoms with Crippen molar-refractivity contribution in [1.82, 2.24) is 0 Å². The van der Waals surface area contributed by atoms with Crippen LogP contribution in [0.15, 0.2) is 48.5 Å². The summed E-state index contributed by atoms with van der Waals surface area (Å²) < 4.78 is 5.69. The molecule has 2 aromatic rings. The number of aliphatic hydroxyl groups is 1. The minimum absolute atomic E-state index is 0.256. The minimum atomic E-state index is -1.43. The summed E-state index contributed by atoms with van der Waals surface area (Å²) in [6.07, 6.45) is 0.635. The Labute approximate surface area is 152 Å². The second-order valence-corrected chi connectivity index (χ2v) is 7.21. The molecule has 5 nitrogen and oxygen atoms in total. The summed E-state index contributed by atoms with van der Waals surface area (Å²) in [5.74, 6) is 0.412. The monoisotopic (exact) mass is 354 g/mol. The molecule has 0 aliphatic carbocycles. The predicted octanol–water partition coefficient (Wildman–Crippen LogP) is 3.84. The summed E-state index contributed by atoms with van der Waals surface area (Å²) in [5.41, 5.74) is -1.67. The van der Waals surface area contributed by atoms with E-state index in [1.165, 1.54) is 13.8 Å². The van der Waals surface area contributed by atoms with Gasteiger partial charge < -0.3 is 14.6 Å². The van der Waals surface area contributed by atoms with Gasteiger partial charge in [0.25, 0.3) is 0 Å². The third-order valence-corrected chi connectivity index (χ3v) is 3.90. The molecule has 0 spiro atoms. The Morgan fingerprint density at radius 3 is 1.54 bits per heavy atom. The Morgan fingerprint density at radius 2 is 1.19 bits per heavy atom. The van der Waals surface area contributed by atoms with E-state index in [2.05, 4.69) is 0 Å². The van der Waals surface area contributed by atoms with Crippen LogP contribution in [0, 0.1) is 5.41 Å². The van der Waals surface area contributed by atoms with Crippen LogP contribution in [-0.4, -0.2) is 28.6 Å². The van der Waals surface area contributed by atoms with E-state index >= 15 is 0 Å². The molecule has 136 valence electrons. The molecular weight excluding hydrogens is 332 g/mol. The molecule has 2 rings (SSSR count). The zero-order valence-corrected chi connectivity index (χ0v) is 15.3. The lowest BCUT2D eigenvalue weighted by Gasteiger charge is -2.16. The molecule has 2 aromatic carbocycles. The van der Waals surface area contributed by atoms with E-state index in [1.54, 1.807) is 62.4 Å². The number of carbonyl (C=O) groups excluding carboxylic acids is 3. The van der Waals surface area contributed by atoms with Crippen molar-refractivity contribution in [3.63, 3.8) is 0 Å². The van der Waals surface area contributed by atoms with Gasteiger partial charge in [0.2, 0.25) is 0 Å². The van der Waals surface area contributed by atoms with Crippen molar-refractivity contribution in [2.24, 2.45) is 5.41 Å². The number of aldehydes is 1. The number of benzene rings is 2. The van der Waals surface area contributed by atoms with Crippen LogP contribution >= 0.6 is 0 Å². The number of Topliss-reactive ketones (excluding diaryl/α,β-unsaturated/α-hetero) is 2. The van der Waals surface area contributed by atoms with Gasteiger partial charge in [-0.1, -0.05) is 0 Å². The number of carbonyl (C=O) groups is 3. The van der Waals surface area contributed by atoms with Gasteiger partial charge in [-0.25, -0.2) is 0 Å². The van der Waals surface area contributed by atoms with Crippen molar-refractivity contribution in [1.29, 1.82) is 0 Å². The van der Waals surface area contributed by atoms with E-state index in [9.17, 15) is 19.5 Å². The number of hydrogen-bond donors (Lipinski definition) is 1. The van der Waals surface area contributed by atoms with E-state index in [-0.39, 0.29) is 11.6 Å². The summed E-state index contributed by atoms with van der Waals surface area (Å²) in [4.78, 5) is 35.2. The lowest BCUT2D eigenvalue weighted by molar-refractivity contribution is -0.112. The number of ketones is 2. The van der Waals surface area contributed by atoms with Gasteiger partial charge in [-0.05, 0) is 76.2 Å². The van der Waals surface area contributed by atoms with Crippen molar-refractivity contribution in [3.8, 4) is 11.5 Å². The molecule has 0 aliphatic rings. The molecule has 0 aromatic heterocycles. The number of hydrogen-bond acceptors (Lipinski definition) is 5. The van der Waals surface area contributed by atoms with Crippen molar-refractivity contribution in [3.05, 3.63) is 59.7 Å². The van der Waals surface area contributed by atoms with Crippen LogP contribution in [0.2, 0.25) is 0 Å². The number of rotatable bonds is 7. The lowest BCUT2D eigenvalue weighted by atomic mass is 9.86. The van der Waals surface area contributed by atoms with Crippen LogP contribution in [0.5, 0.6) is 11.5 Å². The van der Waals surface area contributed by atoms with Gasteiger partial charge in [-0.15, -0.1) is 0 Å². The fourth-order valence-corrected chi connectivity index (χ4v) is 2.26. The van der Waals surface area contributed by atoms with Gasteiger partial charge in [0.1, 0.15) is 23.4 Å². The molecule has 0 fully saturated rings. The molecule has 0 bridgehead atoms. The Kier molecular flexibility index (Phi) is 5.42. The SMILES string of the molecule is CC(C)(O)C(=O)c1ccc(Oc2ccc(C(=O)C(C)(C)C=O)cc2)cc1. The van der Waals surface area contributed by atoms with Gasteiger partial charge in [-0.2, -0.15) is 0 Å². The molecule has 0 amide bonds. The average Bonchev–Trinajstić information content (AvgIpc) is 2.61. The topological polar surface area (TPSA) is 80.7 Å². The first-order valence-electron chi connectivity index (χ1n) is 8.21. The van der Waals surface area contributed by atoms with Gasteiger partial charge in [-0.3, -0.25) is 9.59 Å². The third kappa shape index (κ3) is 4.43. The van der Waals surface area contributed by atoms with Crippen molar-refractivity contribution < 1.29 is 24.2 Å². The summed E-state index contributed by atoms with van der Waals surface area (Å²) in [6, 6.07) is 12.9. The second-order valence-electron chi connectivity index (χ2n) is 7.21. The average molecular weight is 354 g/mol. The van der Waals surface area contributed by atoms with Crippen molar-refractivity contribution >= 4 is 17.9 Å². The summed E-state index contributed by atoms with van der Waals surface area (Å²) in [7, 11) is 0. The first-order valence-corrected chi connectivity index (χ1v) is 8.21.